The topological polar surface area (TPSA) is 114 Å². The van der Waals surface area contributed by atoms with Crippen molar-refractivity contribution in [3.8, 4) is 6.07 Å². The molecule has 1 aromatic carbocycles. The number of methoxy groups -OCH3 is 1. The Morgan fingerprint density at radius 1 is 1.50 bits per heavy atom. The van der Waals surface area contributed by atoms with Gasteiger partial charge in [-0.25, -0.2) is 4.79 Å². The number of hydrogen-bond donors (Lipinski definition) is 2. The van der Waals surface area contributed by atoms with Crippen molar-refractivity contribution in [1.82, 2.24) is 0 Å². The summed E-state index contributed by atoms with van der Waals surface area (Å²) >= 11 is 6.07. The van der Waals surface area contributed by atoms with E-state index in [1.54, 1.807) is 12.1 Å². The Bertz CT molecular complexity index is 897. The fraction of sp³-hybridized carbons (Fsp3) is 0.188. The standard InChI is InChI=1S/C16H12ClN3O4/c1-7-12(14(21)23-2)16(10(6-18)13(19)24-7)9-5-8(17)3-4-11(9)20-15(16)22/h3-5H,19H2,1-2H3,(H,20,22). The van der Waals surface area contributed by atoms with Crippen molar-refractivity contribution in [2.45, 2.75) is 12.3 Å². The molecule has 2 heterocycles. The van der Waals surface area contributed by atoms with E-state index in [1.165, 1.54) is 20.1 Å². The molecule has 0 radical (unpaired) electrons. The Hall–Kier alpha value is -2.98. The van der Waals surface area contributed by atoms with E-state index in [2.05, 4.69) is 5.32 Å². The Labute approximate surface area is 142 Å². The molecule has 1 amide bonds. The first-order valence-electron chi connectivity index (χ1n) is 6.87. The number of nitrogens with one attached hydrogen (secondary N) is 1. The van der Waals surface area contributed by atoms with E-state index in [-0.39, 0.29) is 22.8 Å². The van der Waals surface area contributed by atoms with Crippen molar-refractivity contribution in [2.75, 3.05) is 12.4 Å². The molecule has 2 aliphatic heterocycles. The maximum atomic E-state index is 12.9. The third-order valence-corrected chi connectivity index (χ3v) is 4.32. The lowest BCUT2D eigenvalue weighted by molar-refractivity contribution is -0.138. The predicted molar refractivity (Wildman–Crippen MR) is 84.4 cm³/mol. The fourth-order valence-electron chi connectivity index (χ4n) is 3.15. The van der Waals surface area contributed by atoms with Gasteiger partial charge in [-0.05, 0) is 25.1 Å². The van der Waals surface area contributed by atoms with Crippen LogP contribution in [0.1, 0.15) is 12.5 Å². The number of carbonyl (C=O) groups is 2. The highest BCUT2D eigenvalue weighted by atomic mass is 35.5. The minimum atomic E-state index is -1.76. The smallest absolute Gasteiger partial charge is 0.339 e. The summed E-state index contributed by atoms with van der Waals surface area (Å²) in [7, 11) is 1.18. The van der Waals surface area contributed by atoms with Gasteiger partial charge >= 0.3 is 5.97 Å². The maximum Gasteiger partial charge on any atom is 0.339 e. The van der Waals surface area contributed by atoms with Gasteiger partial charge in [0.1, 0.15) is 23.0 Å². The number of halogens is 1. The molecule has 2 aliphatic rings. The Morgan fingerprint density at radius 3 is 2.83 bits per heavy atom. The zero-order valence-corrected chi connectivity index (χ0v) is 13.5. The van der Waals surface area contributed by atoms with Crippen LogP contribution in [0.2, 0.25) is 5.02 Å². The number of nitrogens with two attached hydrogens (primary N) is 1. The van der Waals surface area contributed by atoms with Crippen LogP contribution in [0, 0.1) is 11.3 Å². The second-order valence-electron chi connectivity index (χ2n) is 5.27. The SMILES string of the molecule is COC(=O)C1=C(C)OC(N)=C(C#N)C12C(=O)Nc1ccc(Cl)cc12. The second-order valence-corrected chi connectivity index (χ2v) is 5.71. The van der Waals surface area contributed by atoms with Gasteiger partial charge in [0.25, 0.3) is 0 Å². The van der Waals surface area contributed by atoms with E-state index in [9.17, 15) is 14.9 Å². The Morgan fingerprint density at radius 2 is 2.21 bits per heavy atom. The van der Waals surface area contributed by atoms with Crippen LogP contribution >= 0.6 is 11.6 Å². The Balaban J connectivity index is 2.46. The molecule has 1 aromatic rings. The van der Waals surface area contributed by atoms with Crippen LogP contribution < -0.4 is 11.1 Å². The van der Waals surface area contributed by atoms with E-state index in [0.29, 0.717) is 16.3 Å². The number of hydrogen-bond acceptors (Lipinski definition) is 6. The summed E-state index contributed by atoms with van der Waals surface area (Å²) in [5.74, 6) is -1.55. The van der Waals surface area contributed by atoms with E-state index < -0.39 is 17.3 Å². The number of nitriles is 1. The molecule has 0 aromatic heterocycles. The lowest BCUT2D eigenvalue weighted by Crippen LogP contribution is -2.45. The third-order valence-electron chi connectivity index (χ3n) is 4.09. The van der Waals surface area contributed by atoms with Crippen LogP contribution in [0.5, 0.6) is 0 Å². The molecule has 0 bridgehead atoms. The summed E-state index contributed by atoms with van der Waals surface area (Å²) < 4.78 is 10.1. The minimum absolute atomic E-state index is 0.0846. The van der Waals surface area contributed by atoms with Gasteiger partial charge in [-0.2, -0.15) is 5.26 Å². The first-order chi connectivity index (χ1) is 11.4. The predicted octanol–water partition coefficient (Wildman–Crippen LogP) is 1.70. The van der Waals surface area contributed by atoms with Crippen LogP contribution in [0.25, 0.3) is 0 Å². The largest absolute Gasteiger partial charge is 0.466 e. The number of benzene rings is 1. The van der Waals surface area contributed by atoms with E-state index in [0.717, 1.165) is 0 Å². The van der Waals surface area contributed by atoms with Crippen molar-refractivity contribution in [1.29, 1.82) is 5.26 Å². The van der Waals surface area contributed by atoms with Gasteiger partial charge in [0, 0.05) is 16.3 Å². The highest BCUT2D eigenvalue weighted by molar-refractivity contribution is 6.31. The van der Waals surface area contributed by atoms with Crippen molar-refractivity contribution < 1.29 is 19.1 Å². The summed E-state index contributed by atoms with van der Waals surface area (Å²) in [5.41, 5.74) is 4.57. The maximum absolute atomic E-state index is 12.9. The summed E-state index contributed by atoms with van der Waals surface area (Å²) in [6.45, 7) is 1.48. The fourth-order valence-corrected chi connectivity index (χ4v) is 3.32. The van der Waals surface area contributed by atoms with Gasteiger partial charge in [-0.15, -0.1) is 0 Å². The monoisotopic (exact) mass is 345 g/mol. The minimum Gasteiger partial charge on any atom is -0.466 e. The molecule has 3 rings (SSSR count). The van der Waals surface area contributed by atoms with Gasteiger partial charge in [0.05, 0.1) is 7.11 Å². The summed E-state index contributed by atoms with van der Waals surface area (Å²) in [4.78, 5) is 25.3. The number of ether oxygens (including phenoxy) is 2. The average molecular weight is 346 g/mol. The molecule has 24 heavy (non-hydrogen) atoms. The molecule has 0 saturated heterocycles. The number of nitrogens with zero attached hydrogens (tertiary/aromatic N) is 1. The molecule has 0 saturated carbocycles. The molecule has 1 unspecified atom stereocenters. The molecule has 0 aliphatic carbocycles. The van der Waals surface area contributed by atoms with E-state index >= 15 is 0 Å². The molecule has 1 atom stereocenters. The number of esters is 1. The van der Waals surface area contributed by atoms with Gasteiger partial charge in [0.2, 0.25) is 11.8 Å². The molecule has 7 nitrogen and oxygen atoms in total. The summed E-state index contributed by atoms with van der Waals surface area (Å²) in [6, 6.07) is 6.59. The van der Waals surface area contributed by atoms with Crippen LogP contribution in [-0.2, 0) is 24.5 Å². The first-order valence-corrected chi connectivity index (χ1v) is 7.25. The number of anilines is 1. The normalized spacial score (nSPS) is 22.0. The van der Waals surface area contributed by atoms with Crippen LogP contribution in [-0.4, -0.2) is 19.0 Å². The van der Waals surface area contributed by atoms with E-state index in [1.807, 2.05) is 6.07 Å². The molecule has 1 spiro atoms. The molecule has 0 fully saturated rings. The van der Waals surface area contributed by atoms with Crippen molar-refractivity contribution in [2.24, 2.45) is 5.73 Å². The van der Waals surface area contributed by atoms with Crippen molar-refractivity contribution in [3.63, 3.8) is 0 Å². The third kappa shape index (κ3) is 1.83. The number of carbonyl (C=O) groups excluding carboxylic acids is 2. The van der Waals surface area contributed by atoms with Crippen LogP contribution in [0.3, 0.4) is 0 Å². The molecular weight excluding hydrogens is 334 g/mol. The van der Waals surface area contributed by atoms with Gasteiger partial charge < -0.3 is 20.5 Å². The van der Waals surface area contributed by atoms with Gasteiger partial charge in [-0.3, -0.25) is 4.79 Å². The van der Waals surface area contributed by atoms with E-state index in [4.69, 9.17) is 26.8 Å². The van der Waals surface area contributed by atoms with Crippen molar-refractivity contribution >= 4 is 29.2 Å². The molecule has 3 N–H and O–H groups in total. The number of rotatable bonds is 1. The number of amides is 1. The molecular formula is C16H12ClN3O4. The Kier molecular flexibility index (Phi) is 3.50. The summed E-state index contributed by atoms with van der Waals surface area (Å²) in [6.07, 6.45) is 0. The lowest BCUT2D eigenvalue weighted by Gasteiger charge is -2.33. The second kappa shape index (κ2) is 5.28. The van der Waals surface area contributed by atoms with Crippen LogP contribution in [0.4, 0.5) is 5.69 Å². The summed E-state index contributed by atoms with van der Waals surface area (Å²) in [5, 5.41) is 12.6. The highest BCUT2D eigenvalue weighted by Gasteiger charge is 2.59. The zero-order chi connectivity index (χ0) is 17.6. The number of allylic oxidation sites excluding steroid dienone is 1. The number of fused-ring (bicyclic) bond motifs is 2. The van der Waals surface area contributed by atoms with Crippen LogP contribution in [0.15, 0.2) is 41.0 Å². The van der Waals surface area contributed by atoms with Gasteiger partial charge in [-0.1, -0.05) is 11.6 Å². The molecule has 8 heteroatoms. The quantitative estimate of drug-likeness (QED) is 0.749. The zero-order valence-electron chi connectivity index (χ0n) is 12.8. The average Bonchev–Trinajstić information content (AvgIpc) is 2.80. The van der Waals surface area contributed by atoms with Crippen molar-refractivity contribution in [3.05, 3.63) is 51.6 Å². The lowest BCUT2D eigenvalue weighted by atomic mass is 9.68. The highest BCUT2D eigenvalue weighted by Crippen LogP contribution is 2.52. The van der Waals surface area contributed by atoms with Gasteiger partial charge in [0.15, 0.2) is 5.41 Å². The molecule has 122 valence electrons. The first kappa shape index (κ1) is 15.9.